The molecule has 3 aromatic rings. The Morgan fingerprint density at radius 3 is 2.43 bits per heavy atom. The summed E-state index contributed by atoms with van der Waals surface area (Å²) < 4.78 is 33.9. The molecule has 2 aromatic carbocycles. The van der Waals surface area contributed by atoms with Crippen LogP contribution in [0.25, 0.3) is 11.3 Å². The molecule has 0 unspecified atom stereocenters. The molecular formula is C19H20N4O4S. The van der Waals surface area contributed by atoms with Gasteiger partial charge in [-0.1, -0.05) is 42.5 Å². The van der Waals surface area contributed by atoms with Crippen LogP contribution in [0.2, 0.25) is 0 Å². The zero-order valence-electron chi connectivity index (χ0n) is 15.2. The van der Waals surface area contributed by atoms with Crippen molar-refractivity contribution in [3.63, 3.8) is 0 Å². The highest BCUT2D eigenvalue weighted by molar-refractivity contribution is 7.87. The van der Waals surface area contributed by atoms with Gasteiger partial charge in [-0.25, -0.2) is 0 Å². The number of benzene rings is 2. The van der Waals surface area contributed by atoms with Crippen LogP contribution in [0.3, 0.4) is 0 Å². The summed E-state index contributed by atoms with van der Waals surface area (Å²) in [5.41, 5.74) is 2.86. The smallest absolute Gasteiger partial charge is 0.311 e. The van der Waals surface area contributed by atoms with Crippen molar-refractivity contribution in [1.29, 1.82) is 0 Å². The Balaban J connectivity index is 1.57. The molecule has 9 heteroatoms. The summed E-state index contributed by atoms with van der Waals surface area (Å²) in [5, 5.41) is 7.27. The minimum atomic E-state index is -4.29. The van der Waals surface area contributed by atoms with Gasteiger partial charge in [-0.3, -0.25) is 18.8 Å². The average Bonchev–Trinajstić information content (AvgIpc) is 3.01. The van der Waals surface area contributed by atoms with Crippen molar-refractivity contribution >= 4 is 27.7 Å². The first-order valence-electron chi connectivity index (χ1n) is 8.54. The van der Waals surface area contributed by atoms with Gasteiger partial charge >= 0.3 is 10.3 Å². The van der Waals surface area contributed by atoms with Gasteiger partial charge in [-0.2, -0.15) is 13.5 Å². The van der Waals surface area contributed by atoms with Gasteiger partial charge in [-0.05, 0) is 24.1 Å². The fraction of sp³-hybridized carbons (Fsp3) is 0.158. The highest BCUT2D eigenvalue weighted by Crippen LogP contribution is 2.21. The zero-order valence-corrected chi connectivity index (χ0v) is 16.0. The summed E-state index contributed by atoms with van der Waals surface area (Å²) in [6.07, 6.45) is 0.748. The van der Waals surface area contributed by atoms with E-state index in [1.54, 1.807) is 23.9 Å². The van der Waals surface area contributed by atoms with Crippen LogP contribution in [0.1, 0.15) is 12.0 Å². The first-order chi connectivity index (χ1) is 13.3. The van der Waals surface area contributed by atoms with E-state index in [4.69, 9.17) is 4.55 Å². The van der Waals surface area contributed by atoms with Crippen LogP contribution in [0.4, 0.5) is 11.5 Å². The predicted octanol–water partition coefficient (Wildman–Crippen LogP) is 2.87. The molecule has 0 radical (unpaired) electrons. The quantitative estimate of drug-likeness (QED) is 0.528. The predicted molar refractivity (Wildman–Crippen MR) is 107 cm³/mol. The van der Waals surface area contributed by atoms with Crippen LogP contribution in [0.15, 0.2) is 60.7 Å². The lowest BCUT2D eigenvalue weighted by atomic mass is 10.1. The molecule has 0 fully saturated rings. The maximum absolute atomic E-state index is 12.3. The summed E-state index contributed by atoms with van der Waals surface area (Å²) in [6.45, 7) is 0. The van der Waals surface area contributed by atoms with Gasteiger partial charge in [0.25, 0.3) is 0 Å². The molecular weight excluding hydrogens is 380 g/mol. The van der Waals surface area contributed by atoms with Crippen LogP contribution in [-0.4, -0.2) is 28.7 Å². The van der Waals surface area contributed by atoms with Crippen molar-refractivity contribution in [3.05, 3.63) is 66.2 Å². The number of hydrogen-bond donors (Lipinski definition) is 3. The molecule has 3 rings (SSSR count). The van der Waals surface area contributed by atoms with Gasteiger partial charge in [0.15, 0.2) is 0 Å². The van der Waals surface area contributed by atoms with E-state index in [0.29, 0.717) is 12.2 Å². The van der Waals surface area contributed by atoms with Crippen molar-refractivity contribution in [2.75, 3.05) is 10.0 Å². The number of nitrogens with zero attached hydrogens (tertiary/aromatic N) is 2. The minimum absolute atomic E-state index is 0.150. The van der Waals surface area contributed by atoms with Gasteiger partial charge in [0.1, 0.15) is 5.82 Å². The van der Waals surface area contributed by atoms with E-state index in [9.17, 15) is 13.2 Å². The standard InChI is InChI=1S/C19H20N4O4S/c1-23-18(13-17(21-23)15-5-3-2-4-6-15)20-19(24)12-9-14-7-10-16(11-8-14)22-28(25,26)27/h2-8,10-11,13,22H,9,12H2,1H3,(H,20,24)(H,25,26,27). The van der Waals surface area contributed by atoms with Crippen LogP contribution in [-0.2, 0) is 28.6 Å². The summed E-state index contributed by atoms with van der Waals surface area (Å²) in [7, 11) is -2.53. The molecule has 146 valence electrons. The molecule has 0 aliphatic carbocycles. The number of nitrogens with one attached hydrogen (secondary N) is 2. The second kappa shape index (κ2) is 8.24. The van der Waals surface area contributed by atoms with Gasteiger partial charge in [0.05, 0.1) is 11.4 Å². The minimum Gasteiger partial charge on any atom is -0.311 e. The van der Waals surface area contributed by atoms with Gasteiger partial charge in [-0.15, -0.1) is 0 Å². The van der Waals surface area contributed by atoms with Gasteiger partial charge in [0.2, 0.25) is 5.91 Å². The first-order valence-corrected chi connectivity index (χ1v) is 9.98. The molecule has 1 aromatic heterocycles. The summed E-state index contributed by atoms with van der Waals surface area (Å²) >= 11 is 0. The van der Waals surface area contributed by atoms with Crippen molar-refractivity contribution < 1.29 is 17.8 Å². The molecule has 1 heterocycles. The van der Waals surface area contributed by atoms with Crippen molar-refractivity contribution in [2.45, 2.75) is 12.8 Å². The Morgan fingerprint density at radius 1 is 1.11 bits per heavy atom. The molecule has 3 N–H and O–H groups in total. The highest BCUT2D eigenvalue weighted by Gasteiger charge is 2.10. The molecule has 28 heavy (non-hydrogen) atoms. The molecule has 1 amide bonds. The Morgan fingerprint density at radius 2 is 1.79 bits per heavy atom. The van der Waals surface area contributed by atoms with Crippen LogP contribution < -0.4 is 10.0 Å². The monoisotopic (exact) mass is 400 g/mol. The number of hydrogen-bond acceptors (Lipinski definition) is 4. The SMILES string of the molecule is Cn1nc(-c2ccccc2)cc1NC(=O)CCc1ccc(NS(=O)(=O)O)cc1. The average molecular weight is 400 g/mol. The van der Waals surface area contributed by atoms with E-state index in [0.717, 1.165) is 16.8 Å². The van der Waals surface area contributed by atoms with E-state index < -0.39 is 10.3 Å². The second-order valence-corrected chi connectivity index (χ2v) is 7.38. The third kappa shape index (κ3) is 5.41. The molecule has 8 nitrogen and oxygen atoms in total. The lowest BCUT2D eigenvalue weighted by molar-refractivity contribution is -0.116. The zero-order chi connectivity index (χ0) is 20.1. The number of aryl methyl sites for hydroxylation is 2. The van der Waals surface area contributed by atoms with E-state index in [1.807, 2.05) is 41.1 Å². The molecule has 0 aliphatic rings. The topological polar surface area (TPSA) is 113 Å². The van der Waals surface area contributed by atoms with Crippen LogP contribution in [0, 0.1) is 0 Å². The summed E-state index contributed by atoms with van der Waals surface area (Å²) in [4.78, 5) is 12.3. The van der Waals surface area contributed by atoms with Gasteiger partial charge in [0, 0.05) is 25.1 Å². The van der Waals surface area contributed by atoms with Crippen LogP contribution in [0.5, 0.6) is 0 Å². The maximum Gasteiger partial charge on any atom is 0.357 e. The molecule has 0 saturated heterocycles. The molecule has 0 spiro atoms. The third-order valence-corrected chi connectivity index (χ3v) is 4.55. The number of rotatable bonds is 7. The fourth-order valence-electron chi connectivity index (χ4n) is 2.69. The molecule has 0 aliphatic heterocycles. The van der Waals surface area contributed by atoms with E-state index in [-0.39, 0.29) is 18.0 Å². The van der Waals surface area contributed by atoms with E-state index >= 15 is 0 Å². The normalized spacial score (nSPS) is 11.2. The van der Waals surface area contributed by atoms with E-state index in [2.05, 4.69) is 10.4 Å². The number of carbonyl (C=O) groups is 1. The fourth-order valence-corrected chi connectivity index (χ4v) is 3.12. The van der Waals surface area contributed by atoms with Gasteiger partial charge < -0.3 is 5.32 Å². The first kappa shape index (κ1) is 19.6. The Labute approximate surface area is 163 Å². The lowest BCUT2D eigenvalue weighted by Crippen LogP contribution is -2.15. The van der Waals surface area contributed by atoms with Crippen LogP contribution >= 0.6 is 0 Å². The second-order valence-electron chi connectivity index (χ2n) is 6.23. The van der Waals surface area contributed by atoms with E-state index in [1.165, 1.54) is 12.1 Å². The maximum atomic E-state index is 12.3. The third-order valence-electron chi connectivity index (χ3n) is 4.06. The molecule has 0 bridgehead atoms. The number of carbonyl (C=O) groups excluding carboxylic acids is 1. The summed E-state index contributed by atoms with van der Waals surface area (Å²) in [6, 6.07) is 17.9. The Bertz CT molecular complexity index is 1060. The van der Waals surface area contributed by atoms with Crippen molar-refractivity contribution in [3.8, 4) is 11.3 Å². The largest absolute Gasteiger partial charge is 0.357 e. The molecule has 0 atom stereocenters. The molecule has 0 saturated carbocycles. The number of aromatic nitrogens is 2. The summed E-state index contributed by atoms with van der Waals surface area (Å²) in [5.74, 6) is 0.458. The number of amides is 1. The Hall–Kier alpha value is -3.17. The highest BCUT2D eigenvalue weighted by atomic mass is 32.2. The lowest BCUT2D eigenvalue weighted by Gasteiger charge is -2.06. The number of anilines is 2. The van der Waals surface area contributed by atoms with Crippen molar-refractivity contribution in [1.82, 2.24) is 9.78 Å². The Kier molecular flexibility index (Phi) is 5.76. The van der Waals surface area contributed by atoms with Crippen molar-refractivity contribution in [2.24, 2.45) is 7.05 Å².